The molecule has 0 bridgehead atoms. The lowest BCUT2D eigenvalue weighted by atomic mass is 10.2. The number of hydrogen-bond acceptors (Lipinski definition) is 4. The van der Waals surface area contributed by atoms with Crippen molar-refractivity contribution in [2.45, 2.75) is 26.2 Å². The molecule has 0 heterocycles. The van der Waals surface area contributed by atoms with Gasteiger partial charge >= 0.3 is 17.9 Å². The van der Waals surface area contributed by atoms with Crippen molar-refractivity contribution in [2.24, 2.45) is 0 Å². The molecular weight excluding hydrogens is 216 g/mol. The summed E-state index contributed by atoms with van der Waals surface area (Å²) < 4.78 is 4.68. The van der Waals surface area contributed by atoms with E-state index in [1.807, 2.05) is 0 Å². The number of rotatable bonds is 7. The summed E-state index contributed by atoms with van der Waals surface area (Å²) in [6, 6.07) is 0. The zero-order chi connectivity index (χ0) is 12.6. The highest BCUT2D eigenvalue weighted by Crippen LogP contribution is 1.98. The Morgan fingerprint density at radius 2 is 1.81 bits per heavy atom. The molecule has 0 saturated heterocycles. The normalized spacial score (nSPS) is 10.9. The maximum atomic E-state index is 10.9. The molecule has 0 atom stereocenters. The highest BCUT2D eigenvalue weighted by molar-refractivity contribution is 5.85. The van der Waals surface area contributed by atoms with Gasteiger partial charge < -0.3 is 14.9 Å². The zero-order valence-electron chi connectivity index (χ0n) is 8.93. The molecule has 0 rings (SSSR count). The molecule has 0 aliphatic heterocycles. The molecule has 0 fully saturated rings. The van der Waals surface area contributed by atoms with Crippen LogP contribution in [-0.4, -0.2) is 34.7 Å². The van der Waals surface area contributed by atoms with E-state index >= 15 is 0 Å². The topological polar surface area (TPSA) is 101 Å². The smallest absolute Gasteiger partial charge is 0.330 e. The van der Waals surface area contributed by atoms with Crippen LogP contribution in [0.2, 0.25) is 0 Å². The number of carbonyl (C=O) groups is 3. The number of carboxylic acid groups (broad SMARTS) is 2. The van der Waals surface area contributed by atoms with Crippen molar-refractivity contribution in [2.75, 3.05) is 6.61 Å². The molecule has 0 aromatic heterocycles. The lowest BCUT2D eigenvalue weighted by molar-refractivity contribution is -0.147. The monoisotopic (exact) mass is 230 g/mol. The third kappa shape index (κ3) is 7.54. The van der Waals surface area contributed by atoms with Gasteiger partial charge in [-0.1, -0.05) is 6.08 Å². The molecule has 0 spiro atoms. The number of ether oxygens (including phenoxy) is 1. The first-order chi connectivity index (χ1) is 7.43. The van der Waals surface area contributed by atoms with Crippen molar-refractivity contribution in [3.8, 4) is 0 Å². The van der Waals surface area contributed by atoms with Crippen LogP contribution in [0.3, 0.4) is 0 Å². The molecule has 6 nitrogen and oxygen atoms in total. The van der Waals surface area contributed by atoms with Crippen LogP contribution in [0.15, 0.2) is 11.6 Å². The second-order valence-corrected chi connectivity index (χ2v) is 3.10. The minimum atomic E-state index is -1.06. The molecule has 0 aliphatic rings. The van der Waals surface area contributed by atoms with Crippen molar-refractivity contribution in [3.63, 3.8) is 0 Å². The summed E-state index contributed by atoms with van der Waals surface area (Å²) in [4.78, 5) is 31.4. The van der Waals surface area contributed by atoms with Crippen LogP contribution < -0.4 is 0 Å². The fourth-order valence-corrected chi connectivity index (χ4v) is 0.817. The number of carbonyl (C=O) groups excluding carboxylic acids is 1. The standard InChI is InChI=1S/C10H14O6/c1-7(10(14)15)3-2-6-16-9(13)5-4-8(11)12/h3H,2,4-6H2,1H3,(H,11,12)(H,14,15). The molecule has 0 aliphatic carbocycles. The zero-order valence-corrected chi connectivity index (χ0v) is 8.93. The highest BCUT2D eigenvalue weighted by Gasteiger charge is 2.06. The van der Waals surface area contributed by atoms with Gasteiger partial charge in [-0.2, -0.15) is 0 Å². The van der Waals surface area contributed by atoms with Gasteiger partial charge in [0.2, 0.25) is 0 Å². The van der Waals surface area contributed by atoms with E-state index in [1.54, 1.807) is 0 Å². The van der Waals surface area contributed by atoms with Gasteiger partial charge in [-0.3, -0.25) is 9.59 Å². The molecule has 0 amide bonds. The lowest BCUT2D eigenvalue weighted by Crippen LogP contribution is -2.08. The number of aliphatic carboxylic acids is 2. The third-order valence-corrected chi connectivity index (χ3v) is 1.71. The summed E-state index contributed by atoms with van der Waals surface area (Å²) in [5.74, 6) is -2.67. The van der Waals surface area contributed by atoms with Crippen LogP contribution in [0.5, 0.6) is 0 Å². The van der Waals surface area contributed by atoms with E-state index in [0.29, 0.717) is 6.42 Å². The molecular formula is C10H14O6. The fourth-order valence-electron chi connectivity index (χ4n) is 0.817. The number of hydrogen-bond donors (Lipinski definition) is 2. The van der Waals surface area contributed by atoms with Crippen LogP contribution in [0, 0.1) is 0 Å². The van der Waals surface area contributed by atoms with E-state index in [0.717, 1.165) is 0 Å². The largest absolute Gasteiger partial charge is 0.481 e. The molecule has 0 radical (unpaired) electrons. The Hall–Kier alpha value is -1.85. The van der Waals surface area contributed by atoms with Gasteiger partial charge in [0.1, 0.15) is 0 Å². The van der Waals surface area contributed by atoms with E-state index < -0.39 is 17.9 Å². The van der Waals surface area contributed by atoms with Crippen molar-refractivity contribution < 1.29 is 29.3 Å². The van der Waals surface area contributed by atoms with Crippen LogP contribution in [-0.2, 0) is 19.1 Å². The molecule has 2 N–H and O–H groups in total. The van der Waals surface area contributed by atoms with E-state index in [2.05, 4.69) is 4.74 Å². The third-order valence-electron chi connectivity index (χ3n) is 1.71. The summed E-state index contributed by atoms with van der Waals surface area (Å²) in [7, 11) is 0. The Balaban J connectivity index is 3.66. The van der Waals surface area contributed by atoms with E-state index in [4.69, 9.17) is 10.2 Å². The highest BCUT2D eigenvalue weighted by atomic mass is 16.5. The Kier molecular flexibility index (Phi) is 6.58. The van der Waals surface area contributed by atoms with Gasteiger partial charge in [0.05, 0.1) is 19.4 Å². The van der Waals surface area contributed by atoms with Gasteiger partial charge in [-0.15, -0.1) is 0 Å². The van der Waals surface area contributed by atoms with Gasteiger partial charge in [-0.05, 0) is 6.92 Å². The predicted molar refractivity (Wildman–Crippen MR) is 53.8 cm³/mol. The Bertz CT molecular complexity index is 304. The SMILES string of the molecule is CC(=CCCOC(=O)CCC(=O)O)C(=O)O. The lowest BCUT2D eigenvalue weighted by Gasteiger charge is -2.01. The average molecular weight is 230 g/mol. The Morgan fingerprint density at radius 1 is 1.19 bits per heavy atom. The molecule has 90 valence electrons. The first-order valence-electron chi connectivity index (χ1n) is 4.71. The molecule has 0 aromatic rings. The second-order valence-electron chi connectivity index (χ2n) is 3.10. The van der Waals surface area contributed by atoms with Crippen molar-refractivity contribution >= 4 is 17.9 Å². The molecule has 16 heavy (non-hydrogen) atoms. The Morgan fingerprint density at radius 3 is 2.31 bits per heavy atom. The minimum absolute atomic E-state index is 0.0586. The summed E-state index contributed by atoms with van der Waals surface area (Å²) in [5.41, 5.74) is 0.182. The summed E-state index contributed by atoms with van der Waals surface area (Å²) in [6.45, 7) is 1.50. The van der Waals surface area contributed by atoms with E-state index in [1.165, 1.54) is 13.0 Å². The quantitative estimate of drug-likeness (QED) is 0.381. The number of carboxylic acids is 2. The first-order valence-corrected chi connectivity index (χ1v) is 4.71. The van der Waals surface area contributed by atoms with Crippen molar-refractivity contribution in [1.29, 1.82) is 0 Å². The van der Waals surface area contributed by atoms with Gasteiger partial charge in [0.15, 0.2) is 0 Å². The van der Waals surface area contributed by atoms with Gasteiger partial charge in [0, 0.05) is 12.0 Å². The Labute approximate surface area is 92.5 Å². The summed E-state index contributed by atoms with van der Waals surface area (Å²) >= 11 is 0. The van der Waals surface area contributed by atoms with Crippen LogP contribution in [0.25, 0.3) is 0 Å². The van der Waals surface area contributed by atoms with Gasteiger partial charge in [-0.25, -0.2) is 4.79 Å². The molecule has 6 heteroatoms. The summed E-state index contributed by atoms with van der Waals surface area (Å²) in [5, 5.41) is 16.8. The van der Waals surface area contributed by atoms with E-state index in [-0.39, 0.29) is 25.0 Å². The molecule has 0 unspecified atom stereocenters. The minimum Gasteiger partial charge on any atom is -0.481 e. The van der Waals surface area contributed by atoms with Crippen molar-refractivity contribution in [1.82, 2.24) is 0 Å². The van der Waals surface area contributed by atoms with Gasteiger partial charge in [0.25, 0.3) is 0 Å². The van der Waals surface area contributed by atoms with Crippen LogP contribution >= 0.6 is 0 Å². The summed E-state index contributed by atoms with van der Waals surface area (Å²) in [6.07, 6.45) is 1.31. The first kappa shape index (κ1) is 14.2. The molecule has 0 aromatic carbocycles. The number of esters is 1. The maximum Gasteiger partial charge on any atom is 0.330 e. The predicted octanol–water partition coefficient (Wildman–Crippen LogP) is 0.815. The second kappa shape index (κ2) is 7.44. The maximum absolute atomic E-state index is 10.9. The molecule has 0 saturated carbocycles. The average Bonchev–Trinajstić information content (AvgIpc) is 2.20. The van der Waals surface area contributed by atoms with E-state index in [9.17, 15) is 14.4 Å². The fraction of sp³-hybridized carbons (Fsp3) is 0.500. The van der Waals surface area contributed by atoms with Crippen LogP contribution in [0.4, 0.5) is 0 Å². The van der Waals surface area contributed by atoms with Crippen LogP contribution in [0.1, 0.15) is 26.2 Å². The van der Waals surface area contributed by atoms with Crippen molar-refractivity contribution in [3.05, 3.63) is 11.6 Å².